The Labute approximate surface area is 96.6 Å². The summed E-state index contributed by atoms with van der Waals surface area (Å²) in [6.45, 7) is 1.94. The van der Waals surface area contributed by atoms with Crippen LogP contribution in [0.4, 0.5) is 0 Å². The van der Waals surface area contributed by atoms with Crippen molar-refractivity contribution in [1.29, 1.82) is 0 Å². The average Bonchev–Trinajstić information content (AvgIpc) is 2.26. The molecule has 2 N–H and O–H groups in total. The number of carbonyl (C=O) groups is 2. The first-order chi connectivity index (χ1) is 7.10. The highest BCUT2D eigenvalue weighted by molar-refractivity contribution is 7.80. The zero-order valence-corrected chi connectivity index (χ0v) is 10.4. The van der Waals surface area contributed by atoms with Gasteiger partial charge in [-0.1, -0.05) is 6.92 Å². The van der Waals surface area contributed by atoms with Gasteiger partial charge < -0.3 is 10.6 Å². The first-order valence-corrected chi connectivity index (χ1v) is 5.76. The number of Topliss-reactive ketones (excluding diaryl/α,β-unsaturated/α-hetero) is 1. The molecule has 1 amide bonds. The molecule has 0 heterocycles. The van der Waals surface area contributed by atoms with E-state index >= 15 is 0 Å². The molecule has 15 heavy (non-hydrogen) atoms. The van der Waals surface area contributed by atoms with E-state index in [1.807, 2.05) is 6.92 Å². The Bertz CT molecular complexity index is 217. The fourth-order valence-electron chi connectivity index (χ4n) is 1.42. The van der Waals surface area contributed by atoms with Gasteiger partial charge in [0.2, 0.25) is 5.91 Å². The summed E-state index contributed by atoms with van der Waals surface area (Å²) in [6, 6.07) is -0.156. The van der Waals surface area contributed by atoms with E-state index in [4.69, 9.17) is 0 Å². The van der Waals surface area contributed by atoms with E-state index in [0.29, 0.717) is 5.75 Å². The maximum absolute atomic E-state index is 11.7. The number of carbonyl (C=O) groups excluding carboxylic acids is 2. The van der Waals surface area contributed by atoms with Crippen LogP contribution < -0.4 is 10.6 Å². The molecule has 0 fully saturated rings. The number of likely N-dealkylation sites (N-methyl/N-ethyl adjacent to an activating group) is 1. The fraction of sp³-hybridized carbons (Fsp3) is 0.800. The van der Waals surface area contributed by atoms with Gasteiger partial charge in [0, 0.05) is 19.2 Å². The maximum atomic E-state index is 11.7. The molecule has 88 valence electrons. The van der Waals surface area contributed by atoms with Gasteiger partial charge in [-0.2, -0.15) is 12.6 Å². The Balaban J connectivity index is 4.29. The van der Waals surface area contributed by atoms with Crippen LogP contribution in [0.2, 0.25) is 0 Å². The second-order valence-corrected chi connectivity index (χ2v) is 3.78. The number of amides is 1. The molecule has 0 saturated carbocycles. The SMILES string of the molecule is CC[C@H](NC)C(=O)C[C@@H](CS)C(=O)NC. The highest BCUT2D eigenvalue weighted by atomic mass is 32.1. The van der Waals surface area contributed by atoms with Gasteiger partial charge in [-0.15, -0.1) is 0 Å². The van der Waals surface area contributed by atoms with Crippen LogP contribution in [0.25, 0.3) is 0 Å². The van der Waals surface area contributed by atoms with Crippen molar-refractivity contribution in [3.63, 3.8) is 0 Å². The van der Waals surface area contributed by atoms with Gasteiger partial charge in [-0.05, 0) is 13.5 Å². The lowest BCUT2D eigenvalue weighted by atomic mass is 9.98. The molecular weight excluding hydrogens is 212 g/mol. The molecule has 0 rings (SSSR count). The zero-order valence-electron chi connectivity index (χ0n) is 9.54. The third-order valence-corrected chi connectivity index (χ3v) is 2.87. The molecule has 2 atom stereocenters. The monoisotopic (exact) mass is 232 g/mol. The summed E-state index contributed by atoms with van der Waals surface area (Å²) in [5.74, 6) is 0.0196. The number of hydrogen-bond donors (Lipinski definition) is 3. The van der Waals surface area contributed by atoms with Gasteiger partial charge in [-0.3, -0.25) is 9.59 Å². The van der Waals surface area contributed by atoms with E-state index in [9.17, 15) is 9.59 Å². The summed E-state index contributed by atoms with van der Waals surface area (Å²) >= 11 is 4.08. The lowest BCUT2D eigenvalue weighted by Gasteiger charge is -2.16. The molecule has 0 unspecified atom stereocenters. The Kier molecular flexibility index (Phi) is 7.42. The standard InChI is InChI=1S/C10H20N2O2S/c1-4-8(11-2)9(13)5-7(6-15)10(14)12-3/h7-8,11,15H,4-6H2,1-3H3,(H,12,14)/t7-,8-/m0/s1. The van der Waals surface area contributed by atoms with E-state index in [1.54, 1.807) is 14.1 Å². The average molecular weight is 232 g/mol. The Morgan fingerprint density at radius 3 is 2.27 bits per heavy atom. The lowest BCUT2D eigenvalue weighted by molar-refractivity contribution is -0.129. The first-order valence-electron chi connectivity index (χ1n) is 5.13. The molecule has 5 heteroatoms. The molecule has 0 aromatic carbocycles. The van der Waals surface area contributed by atoms with Crippen LogP contribution in [-0.2, 0) is 9.59 Å². The number of thiol groups is 1. The first kappa shape index (κ1) is 14.5. The van der Waals surface area contributed by atoms with Gasteiger partial charge in [0.15, 0.2) is 5.78 Å². The molecular formula is C10H20N2O2S. The summed E-state index contributed by atoms with van der Waals surface area (Å²) < 4.78 is 0. The number of nitrogens with one attached hydrogen (secondary N) is 2. The predicted molar refractivity (Wildman–Crippen MR) is 64.2 cm³/mol. The van der Waals surface area contributed by atoms with E-state index in [-0.39, 0.29) is 30.1 Å². The highest BCUT2D eigenvalue weighted by Gasteiger charge is 2.23. The summed E-state index contributed by atoms with van der Waals surface area (Å²) in [4.78, 5) is 23.1. The summed E-state index contributed by atoms with van der Waals surface area (Å²) in [6.07, 6.45) is 0.991. The van der Waals surface area contributed by atoms with Gasteiger partial charge in [0.05, 0.1) is 12.0 Å². The second kappa shape index (κ2) is 7.70. The summed E-state index contributed by atoms with van der Waals surface area (Å²) in [5, 5.41) is 5.47. The third-order valence-electron chi connectivity index (χ3n) is 2.43. The smallest absolute Gasteiger partial charge is 0.224 e. The fourth-order valence-corrected chi connectivity index (χ4v) is 1.72. The van der Waals surface area contributed by atoms with Crippen molar-refractivity contribution in [2.75, 3.05) is 19.8 Å². The van der Waals surface area contributed by atoms with Crippen molar-refractivity contribution in [2.24, 2.45) is 5.92 Å². The van der Waals surface area contributed by atoms with Crippen LogP contribution in [0.1, 0.15) is 19.8 Å². The molecule has 0 aromatic heterocycles. The molecule has 0 aliphatic rings. The largest absolute Gasteiger partial charge is 0.359 e. The maximum Gasteiger partial charge on any atom is 0.224 e. The molecule has 0 aliphatic carbocycles. The van der Waals surface area contributed by atoms with Crippen LogP contribution >= 0.6 is 12.6 Å². The van der Waals surface area contributed by atoms with Crippen LogP contribution in [-0.4, -0.2) is 37.6 Å². The van der Waals surface area contributed by atoms with Gasteiger partial charge in [0.25, 0.3) is 0 Å². The van der Waals surface area contributed by atoms with Crippen molar-refractivity contribution in [3.8, 4) is 0 Å². The third kappa shape index (κ3) is 4.66. The predicted octanol–water partition coefficient (Wildman–Crippen LogP) is 0.236. The lowest BCUT2D eigenvalue weighted by Crippen LogP contribution is -2.38. The van der Waals surface area contributed by atoms with Gasteiger partial charge in [-0.25, -0.2) is 0 Å². The van der Waals surface area contributed by atoms with Crippen molar-refractivity contribution >= 4 is 24.3 Å². The molecule has 0 spiro atoms. The minimum atomic E-state index is -0.326. The Morgan fingerprint density at radius 1 is 1.33 bits per heavy atom. The second-order valence-electron chi connectivity index (χ2n) is 3.41. The Morgan fingerprint density at radius 2 is 1.93 bits per heavy atom. The minimum absolute atomic E-state index is 0.0719. The summed E-state index contributed by atoms with van der Waals surface area (Å²) in [5.41, 5.74) is 0. The van der Waals surface area contributed by atoms with Crippen molar-refractivity contribution in [1.82, 2.24) is 10.6 Å². The molecule has 4 nitrogen and oxygen atoms in total. The molecule has 0 saturated heterocycles. The zero-order chi connectivity index (χ0) is 11.8. The topological polar surface area (TPSA) is 58.2 Å². The number of ketones is 1. The summed E-state index contributed by atoms with van der Waals surface area (Å²) in [7, 11) is 3.32. The van der Waals surface area contributed by atoms with Crippen LogP contribution in [0.15, 0.2) is 0 Å². The van der Waals surface area contributed by atoms with E-state index in [0.717, 1.165) is 6.42 Å². The van der Waals surface area contributed by atoms with E-state index in [2.05, 4.69) is 23.3 Å². The molecule has 0 bridgehead atoms. The van der Waals surface area contributed by atoms with E-state index < -0.39 is 0 Å². The highest BCUT2D eigenvalue weighted by Crippen LogP contribution is 2.09. The van der Waals surface area contributed by atoms with Crippen molar-refractivity contribution in [3.05, 3.63) is 0 Å². The molecule has 0 radical (unpaired) electrons. The van der Waals surface area contributed by atoms with Crippen molar-refractivity contribution in [2.45, 2.75) is 25.8 Å². The Hall–Kier alpha value is -0.550. The van der Waals surface area contributed by atoms with Crippen molar-refractivity contribution < 1.29 is 9.59 Å². The van der Waals surface area contributed by atoms with Crippen LogP contribution in [0, 0.1) is 5.92 Å². The number of rotatable bonds is 7. The number of hydrogen-bond acceptors (Lipinski definition) is 4. The van der Waals surface area contributed by atoms with Crippen LogP contribution in [0.3, 0.4) is 0 Å². The normalized spacial score (nSPS) is 14.4. The van der Waals surface area contributed by atoms with Crippen LogP contribution in [0.5, 0.6) is 0 Å². The molecule has 0 aliphatic heterocycles. The van der Waals surface area contributed by atoms with E-state index in [1.165, 1.54) is 0 Å². The molecule has 0 aromatic rings. The van der Waals surface area contributed by atoms with Gasteiger partial charge >= 0.3 is 0 Å². The minimum Gasteiger partial charge on any atom is -0.359 e. The van der Waals surface area contributed by atoms with Gasteiger partial charge in [0.1, 0.15) is 0 Å². The quantitative estimate of drug-likeness (QED) is 0.551.